The molecule has 1 fully saturated rings. The summed E-state index contributed by atoms with van der Waals surface area (Å²) in [7, 11) is 0. The maximum absolute atomic E-state index is 5.85. The first-order valence-electron chi connectivity index (χ1n) is 8.16. The lowest BCUT2D eigenvalue weighted by Gasteiger charge is -2.36. The lowest BCUT2D eigenvalue weighted by atomic mass is 10.1. The fourth-order valence-corrected chi connectivity index (χ4v) is 3.44. The number of rotatable bonds is 3. The molecule has 0 aromatic heterocycles. The minimum Gasteiger partial charge on any atom is -0.491 e. The van der Waals surface area contributed by atoms with E-state index >= 15 is 0 Å². The van der Waals surface area contributed by atoms with Crippen molar-refractivity contribution in [1.82, 2.24) is 4.90 Å². The molecular formula is C19H22N2O. The van der Waals surface area contributed by atoms with E-state index in [1.807, 2.05) is 0 Å². The summed E-state index contributed by atoms with van der Waals surface area (Å²) in [5, 5.41) is 0. The molecule has 0 saturated carbocycles. The second kappa shape index (κ2) is 6.01. The zero-order valence-corrected chi connectivity index (χ0v) is 12.9. The topological polar surface area (TPSA) is 15.7 Å². The Hall–Kier alpha value is -2.00. The van der Waals surface area contributed by atoms with E-state index in [0.717, 1.165) is 51.5 Å². The van der Waals surface area contributed by atoms with E-state index in [2.05, 4.69) is 58.3 Å². The monoisotopic (exact) mass is 294 g/mol. The molecule has 0 aliphatic carbocycles. The second-order valence-electron chi connectivity index (χ2n) is 6.11. The Balaban J connectivity index is 1.41. The molecule has 4 rings (SSSR count). The average Bonchev–Trinajstić information content (AvgIpc) is 3.05. The van der Waals surface area contributed by atoms with E-state index in [0.29, 0.717) is 0 Å². The Bertz CT molecular complexity index is 633. The maximum atomic E-state index is 5.85. The van der Waals surface area contributed by atoms with Gasteiger partial charge >= 0.3 is 0 Å². The first kappa shape index (κ1) is 13.6. The molecule has 2 heterocycles. The van der Waals surface area contributed by atoms with Gasteiger partial charge in [-0.15, -0.1) is 0 Å². The van der Waals surface area contributed by atoms with E-state index in [1.54, 1.807) is 0 Å². The van der Waals surface area contributed by atoms with Crippen LogP contribution in [0, 0.1) is 0 Å². The van der Waals surface area contributed by atoms with Gasteiger partial charge in [-0.3, -0.25) is 4.90 Å². The number of piperazine rings is 1. The van der Waals surface area contributed by atoms with Crippen molar-refractivity contribution in [3.8, 4) is 5.75 Å². The first-order valence-corrected chi connectivity index (χ1v) is 8.16. The molecule has 2 aliphatic rings. The van der Waals surface area contributed by atoms with Gasteiger partial charge in [0, 0.05) is 39.1 Å². The van der Waals surface area contributed by atoms with E-state index < -0.39 is 0 Å². The van der Waals surface area contributed by atoms with Crippen LogP contribution < -0.4 is 9.64 Å². The molecule has 2 aromatic carbocycles. The molecule has 0 spiro atoms. The molecule has 0 atom stereocenters. The van der Waals surface area contributed by atoms with Gasteiger partial charge in [0.1, 0.15) is 5.75 Å². The van der Waals surface area contributed by atoms with Crippen LogP contribution in [-0.2, 0) is 13.0 Å². The molecule has 1 saturated heterocycles. The third-order valence-corrected chi connectivity index (χ3v) is 4.66. The van der Waals surface area contributed by atoms with Crippen LogP contribution in [0.1, 0.15) is 11.1 Å². The van der Waals surface area contributed by atoms with Crippen LogP contribution in [0.3, 0.4) is 0 Å². The highest BCUT2D eigenvalue weighted by molar-refractivity contribution is 5.63. The summed E-state index contributed by atoms with van der Waals surface area (Å²) in [5.74, 6) is 1.12. The molecule has 2 aliphatic heterocycles. The van der Waals surface area contributed by atoms with Gasteiger partial charge in [0.05, 0.1) is 12.3 Å². The number of fused-ring (bicyclic) bond motifs is 1. The van der Waals surface area contributed by atoms with Crippen molar-refractivity contribution in [3.05, 3.63) is 59.7 Å². The van der Waals surface area contributed by atoms with Crippen LogP contribution >= 0.6 is 0 Å². The van der Waals surface area contributed by atoms with Gasteiger partial charge in [0.15, 0.2) is 0 Å². The van der Waals surface area contributed by atoms with Gasteiger partial charge in [-0.2, -0.15) is 0 Å². The highest BCUT2D eigenvalue weighted by atomic mass is 16.5. The Labute approximate surface area is 132 Å². The Morgan fingerprint density at radius 1 is 0.864 bits per heavy atom. The first-order chi connectivity index (χ1) is 10.9. The van der Waals surface area contributed by atoms with E-state index in [-0.39, 0.29) is 0 Å². The Morgan fingerprint density at radius 3 is 2.50 bits per heavy atom. The van der Waals surface area contributed by atoms with Gasteiger partial charge in [0.25, 0.3) is 0 Å². The third kappa shape index (κ3) is 2.69. The van der Waals surface area contributed by atoms with Crippen LogP contribution in [0.5, 0.6) is 5.75 Å². The van der Waals surface area contributed by atoms with Crippen LogP contribution in [0.15, 0.2) is 48.5 Å². The van der Waals surface area contributed by atoms with Crippen LogP contribution in [0.4, 0.5) is 5.69 Å². The minimum atomic E-state index is 0.834. The van der Waals surface area contributed by atoms with Crippen molar-refractivity contribution >= 4 is 5.69 Å². The molecular weight excluding hydrogens is 272 g/mol. The maximum Gasteiger partial charge on any atom is 0.145 e. The van der Waals surface area contributed by atoms with Crippen molar-refractivity contribution in [2.24, 2.45) is 0 Å². The summed E-state index contributed by atoms with van der Waals surface area (Å²) in [4.78, 5) is 5.02. The fraction of sp³-hybridized carbons (Fsp3) is 0.368. The molecule has 0 unspecified atom stereocenters. The number of hydrogen-bond acceptors (Lipinski definition) is 3. The molecule has 0 bridgehead atoms. The normalized spacial score (nSPS) is 18.1. The molecule has 0 radical (unpaired) electrons. The standard InChI is InChI=1S/C19H22N2O/c1-2-5-16(6-3-1)15-20-10-12-21(13-11-20)18-8-4-7-17-9-14-22-19(17)18/h1-8H,9-15H2. The van der Waals surface area contributed by atoms with Crippen molar-refractivity contribution in [3.63, 3.8) is 0 Å². The molecule has 22 heavy (non-hydrogen) atoms. The highest BCUT2D eigenvalue weighted by Crippen LogP contribution is 2.36. The minimum absolute atomic E-state index is 0.834. The van der Waals surface area contributed by atoms with Crippen LogP contribution in [-0.4, -0.2) is 37.7 Å². The largest absolute Gasteiger partial charge is 0.491 e. The van der Waals surface area contributed by atoms with E-state index in [9.17, 15) is 0 Å². The van der Waals surface area contributed by atoms with Gasteiger partial charge in [-0.1, -0.05) is 42.5 Å². The number of para-hydroxylation sites is 1. The van der Waals surface area contributed by atoms with Crippen molar-refractivity contribution < 1.29 is 4.74 Å². The lowest BCUT2D eigenvalue weighted by Crippen LogP contribution is -2.46. The third-order valence-electron chi connectivity index (χ3n) is 4.66. The number of ether oxygens (including phenoxy) is 1. The molecule has 0 amide bonds. The Morgan fingerprint density at radius 2 is 1.68 bits per heavy atom. The van der Waals surface area contributed by atoms with E-state index in [1.165, 1.54) is 16.8 Å². The van der Waals surface area contributed by atoms with Crippen LogP contribution in [0.25, 0.3) is 0 Å². The van der Waals surface area contributed by atoms with Gasteiger partial charge in [-0.05, 0) is 17.2 Å². The van der Waals surface area contributed by atoms with Crippen molar-refractivity contribution in [2.75, 3.05) is 37.7 Å². The second-order valence-corrected chi connectivity index (χ2v) is 6.11. The summed E-state index contributed by atoms with van der Waals surface area (Å²) in [6.07, 6.45) is 1.05. The average molecular weight is 294 g/mol. The summed E-state index contributed by atoms with van der Waals surface area (Å²) in [6.45, 7) is 6.26. The lowest BCUT2D eigenvalue weighted by molar-refractivity contribution is 0.249. The fourth-order valence-electron chi connectivity index (χ4n) is 3.44. The molecule has 0 N–H and O–H groups in total. The van der Waals surface area contributed by atoms with Crippen molar-refractivity contribution in [2.45, 2.75) is 13.0 Å². The van der Waals surface area contributed by atoms with Crippen molar-refractivity contribution in [1.29, 1.82) is 0 Å². The van der Waals surface area contributed by atoms with Gasteiger partial charge < -0.3 is 9.64 Å². The number of anilines is 1. The summed E-state index contributed by atoms with van der Waals surface area (Å²) in [5.41, 5.74) is 4.05. The Kier molecular flexibility index (Phi) is 3.73. The molecule has 2 aromatic rings. The SMILES string of the molecule is c1ccc(CN2CCN(c3cccc4c3OCC4)CC2)cc1. The van der Waals surface area contributed by atoms with Gasteiger partial charge in [-0.25, -0.2) is 0 Å². The predicted octanol–water partition coefficient (Wildman–Crippen LogP) is 2.94. The summed E-state index contributed by atoms with van der Waals surface area (Å²) in [6, 6.07) is 17.3. The van der Waals surface area contributed by atoms with E-state index in [4.69, 9.17) is 4.74 Å². The molecule has 3 nitrogen and oxygen atoms in total. The van der Waals surface area contributed by atoms with Crippen LogP contribution in [0.2, 0.25) is 0 Å². The zero-order valence-electron chi connectivity index (χ0n) is 12.9. The quantitative estimate of drug-likeness (QED) is 0.865. The number of benzene rings is 2. The summed E-state index contributed by atoms with van der Waals surface area (Å²) < 4.78 is 5.85. The zero-order chi connectivity index (χ0) is 14.8. The summed E-state index contributed by atoms with van der Waals surface area (Å²) >= 11 is 0. The smallest absolute Gasteiger partial charge is 0.145 e. The number of hydrogen-bond donors (Lipinski definition) is 0. The molecule has 3 heteroatoms. The molecule has 114 valence electrons. The number of nitrogens with zero attached hydrogens (tertiary/aromatic N) is 2. The van der Waals surface area contributed by atoms with Gasteiger partial charge in [0.2, 0.25) is 0 Å². The predicted molar refractivity (Wildman–Crippen MR) is 89.6 cm³/mol. The highest BCUT2D eigenvalue weighted by Gasteiger charge is 2.23.